The lowest BCUT2D eigenvalue weighted by Gasteiger charge is -2.30. The van der Waals surface area contributed by atoms with Crippen LogP contribution in [0.5, 0.6) is 17.5 Å². The van der Waals surface area contributed by atoms with Crippen molar-refractivity contribution in [3.05, 3.63) is 66.0 Å². The van der Waals surface area contributed by atoms with Crippen molar-refractivity contribution >= 4 is 34.0 Å². The van der Waals surface area contributed by atoms with E-state index in [4.69, 9.17) is 14.0 Å². The van der Waals surface area contributed by atoms with Crippen molar-refractivity contribution in [2.75, 3.05) is 70.1 Å². The molecule has 0 radical (unpaired) electrons. The van der Waals surface area contributed by atoms with Gasteiger partial charge >= 0.3 is 5.97 Å². The van der Waals surface area contributed by atoms with Gasteiger partial charge in [-0.3, -0.25) is 4.99 Å². The number of rotatable bonds is 11. The van der Waals surface area contributed by atoms with Gasteiger partial charge in [-0.25, -0.2) is 4.79 Å². The minimum absolute atomic E-state index is 0.0898. The van der Waals surface area contributed by atoms with E-state index >= 15 is 0 Å². The summed E-state index contributed by atoms with van der Waals surface area (Å²) in [5, 5.41) is 21.3. The first kappa shape index (κ1) is 32.1. The van der Waals surface area contributed by atoms with Crippen LogP contribution in [0.25, 0.3) is 33.4 Å². The van der Waals surface area contributed by atoms with Crippen LogP contribution in [0.4, 0.5) is 17.1 Å². The quantitative estimate of drug-likeness (QED) is 0.187. The summed E-state index contributed by atoms with van der Waals surface area (Å²) < 4.78 is 13.2. The third-order valence-electron chi connectivity index (χ3n) is 8.03. The lowest BCUT2D eigenvalue weighted by Crippen LogP contribution is -2.28. The van der Waals surface area contributed by atoms with E-state index in [1.807, 2.05) is 63.4 Å². The van der Waals surface area contributed by atoms with Gasteiger partial charge in [-0.1, -0.05) is 0 Å². The van der Waals surface area contributed by atoms with Crippen LogP contribution in [0, 0.1) is 0 Å². The van der Waals surface area contributed by atoms with Crippen molar-refractivity contribution in [1.82, 2.24) is 4.73 Å². The van der Waals surface area contributed by atoms with E-state index in [2.05, 4.69) is 39.9 Å². The molecule has 2 heterocycles. The lowest BCUT2D eigenvalue weighted by molar-refractivity contribution is -0.145. The molecular formula is C35H41N5O6. The predicted octanol–water partition coefficient (Wildman–Crippen LogP) is 5.35. The van der Waals surface area contributed by atoms with Gasteiger partial charge in [-0.2, -0.15) is 0 Å². The molecule has 1 aliphatic heterocycles. The molecule has 0 bridgehead atoms. The zero-order valence-corrected chi connectivity index (χ0v) is 27.4. The van der Waals surface area contributed by atoms with Gasteiger partial charge in [0.2, 0.25) is 11.8 Å². The van der Waals surface area contributed by atoms with Crippen molar-refractivity contribution in [1.29, 1.82) is 0 Å². The summed E-state index contributed by atoms with van der Waals surface area (Å²) >= 11 is 0. The highest BCUT2D eigenvalue weighted by Gasteiger charge is 2.24. The molecule has 2 aromatic carbocycles. The molecule has 11 nitrogen and oxygen atoms in total. The van der Waals surface area contributed by atoms with Crippen LogP contribution in [0.2, 0.25) is 0 Å². The molecule has 1 aromatic heterocycles. The standard InChI is InChI=1S/C35H41N5O6/c1-8-39(17-9-10-34(43)46-40-32(41)15-16-33(40)42)28-21-29(44-7)26(20-27(28)38(5)6)35-24-13-11-22(36-2)18-30(24)45-31-19-23(37(3)4)12-14-25(31)35/h11-16,18-21,41-42H,8-10,17H2,1-7H3. The fraction of sp³-hybridized carbons (Fsp3) is 0.314. The number of aromatic hydroxyl groups is 2. The Morgan fingerprint density at radius 1 is 0.913 bits per heavy atom. The van der Waals surface area contributed by atoms with Gasteiger partial charge in [-0.05, 0) is 43.7 Å². The number of fused-ring (bicyclic) bond motifs is 2. The second-order valence-corrected chi connectivity index (χ2v) is 11.4. The van der Waals surface area contributed by atoms with Crippen LogP contribution >= 0.6 is 0 Å². The third-order valence-corrected chi connectivity index (χ3v) is 8.03. The van der Waals surface area contributed by atoms with E-state index in [1.54, 1.807) is 14.2 Å². The van der Waals surface area contributed by atoms with Crippen LogP contribution in [0.15, 0.2) is 70.1 Å². The summed E-state index contributed by atoms with van der Waals surface area (Å²) in [6, 6.07) is 18.9. The third kappa shape index (κ3) is 6.26. The summed E-state index contributed by atoms with van der Waals surface area (Å²) in [4.78, 5) is 28.3. The Kier molecular flexibility index (Phi) is 9.31. The topological polar surface area (TPSA) is 116 Å². The summed E-state index contributed by atoms with van der Waals surface area (Å²) in [6.45, 7) is 3.31. The van der Waals surface area contributed by atoms with Crippen LogP contribution in [-0.2, 0) is 4.79 Å². The van der Waals surface area contributed by atoms with E-state index in [0.29, 0.717) is 30.0 Å². The van der Waals surface area contributed by atoms with Gasteiger partial charge in [0.05, 0.1) is 23.8 Å². The monoisotopic (exact) mass is 627 g/mol. The molecule has 1 aliphatic carbocycles. The van der Waals surface area contributed by atoms with Crippen molar-refractivity contribution in [3.8, 4) is 40.0 Å². The zero-order valence-electron chi connectivity index (χ0n) is 27.4. The molecule has 0 spiro atoms. The highest BCUT2D eigenvalue weighted by molar-refractivity contribution is 6.05. The molecule has 0 unspecified atom stereocenters. The number of hydrogen-bond donors (Lipinski definition) is 2. The van der Waals surface area contributed by atoms with Crippen LogP contribution in [0.3, 0.4) is 0 Å². The summed E-state index contributed by atoms with van der Waals surface area (Å²) in [5.74, 6) is 0.156. The Bertz CT molecular complexity index is 1890. The van der Waals surface area contributed by atoms with E-state index in [0.717, 1.165) is 55.8 Å². The number of carbonyl (C=O) groups excluding carboxylic acids is 1. The molecule has 0 fully saturated rings. The minimum atomic E-state index is -0.566. The van der Waals surface area contributed by atoms with Gasteiger partial charge in [0.15, 0.2) is 0 Å². The van der Waals surface area contributed by atoms with Gasteiger partial charge in [0.25, 0.3) is 0 Å². The number of methoxy groups -OCH3 is 1. The van der Waals surface area contributed by atoms with Crippen LogP contribution in [0.1, 0.15) is 19.8 Å². The molecule has 46 heavy (non-hydrogen) atoms. The average molecular weight is 628 g/mol. The number of benzene rings is 3. The largest absolute Gasteiger partial charge is 0.496 e. The van der Waals surface area contributed by atoms with E-state index in [9.17, 15) is 15.0 Å². The molecule has 2 aliphatic rings. The number of aromatic nitrogens is 1. The molecule has 242 valence electrons. The highest BCUT2D eigenvalue weighted by Crippen LogP contribution is 2.47. The molecule has 5 rings (SSSR count). The maximum atomic E-state index is 12.5. The zero-order chi connectivity index (χ0) is 33.1. The van der Waals surface area contributed by atoms with Gasteiger partial charge in [0, 0.05) is 113 Å². The summed E-state index contributed by atoms with van der Waals surface area (Å²) in [6.07, 6.45) is 0.577. The first-order valence-electron chi connectivity index (χ1n) is 15.1. The Morgan fingerprint density at radius 3 is 2.28 bits per heavy atom. The molecule has 0 atom stereocenters. The van der Waals surface area contributed by atoms with E-state index < -0.39 is 5.97 Å². The Hall–Kier alpha value is -5.32. The lowest BCUT2D eigenvalue weighted by atomic mass is 9.92. The second kappa shape index (κ2) is 13.4. The first-order chi connectivity index (χ1) is 22.1. The number of ether oxygens (including phenoxy) is 1. The van der Waals surface area contributed by atoms with Gasteiger partial charge in [0.1, 0.15) is 17.1 Å². The van der Waals surface area contributed by atoms with E-state index in [-0.39, 0.29) is 18.2 Å². The molecule has 2 N–H and O–H groups in total. The maximum absolute atomic E-state index is 12.5. The summed E-state index contributed by atoms with van der Waals surface area (Å²) in [7, 11) is 11.5. The number of hydrogen-bond acceptors (Lipinski definition) is 10. The van der Waals surface area contributed by atoms with Crippen molar-refractivity contribution in [2.45, 2.75) is 19.8 Å². The van der Waals surface area contributed by atoms with Crippen LogP contribution in [-0.4, -0.2) is 76.4 Å². The molecular weight excluding hydrogens is 586 g/mol. The Labute approximate surface area is 268 Å². The highest BCUT2D eigenvalue weighted by atomic mass is 16.7. The molecule has 3 aromatic rings. The number of nitrogens with zero attached hydrogens (tertiary/aromatic N) is 5. The normalized spacial score (nSPS) is 11.7. The first-order valence-corrected chi connectivity index (χ1v) is 15.1. The predicted molar refractivity (Wildman–Crippen MR) is 181 cm³/mol. The summed E-state index contributed by atoms with van der Waals surface area (Å²) in [5.41, 5.74) is 6.58. The fourth-order valence-electron chi connectivity index (χ4n) is 5.61. The second-order valence-electron chi connectivity index (χ2n) is 11.4. The van der Waals surface area contributed by atoms with E-state index in [1.165, 1.54) is 12.1 Å². The van der Waals surface area contributed by atoms with Crippen molar-refractivity contribution < 1.29 is 29.0 Å². The SMILES string of the molecule is CCN(CCCC(=O)On1c(O)ccc1O)c1cc(OC)c(-c2c3ccc(=NC)cc-3oc3cc(N(C)C)ccc23)cc1N(C)C. The maximum Gasteiger partial charge on any atom is 0.333 e. The fourth-order valence-corrected chi connectivity index (χ4v) is 5.61. The van der Waals surface area contributed by atoms with Crippen LogP contribution < -0.4 is 29.6 Å². The van der Waals surface area contributed by atoms with Crippen molar-refractivity contribution in [3.63, 3.8) is 0 Å². The van der Waals surface area contributed by atoms with Crippen molar-refractivity contribution in [2.24, 2.45) is 4.99 Å². The Balaban J connectivity index is 1.56. The molecule has 0 saturated carbocycles. The number of carbonyl (C=O) groups is 1. The smallest absolute Gasteiger partial charge is 0.333 e. The van der Waals surface area contributed by atoms with Gasteiger partial charge < -0.3 is 38.9 Å². The minimum Gasteiger partial charge on any atom is -0.496 e. The number of anilines is 3. The molecule has 0 amide bonds. The average Bonchev–Trinajstić information content (AvgIpc) is 3.36. The molecule has 0 saturated heterocycles. The van der Waals surface area contributed by atoms with Gasteiger partial charge in [-0.15, -0.1) is 4.73 Å². The Morgan fingerprint density at radius 2 is 1.65 bits per heavy atom. The molecule has 11 heteroatoms.